The van der Waals surface area contributed by atoms with Crippen molar-refractivity contribution in [1.82, 2.24) is 4.98 Å². The number of aromatic nitrogens is 1. The minimum absolute atomic E-state index is 0.137. The molecule has 0 spiro atoms. The van der Waals surface area contributed by atoms with Gasteiger partial charge in [-0.25, -0.2) is 14.2 Å². The molecule has 2 unspecified atom stereocenters. The number of Topliss-reactive ketones (excluding diaryl/α,β-unsaturated/α-hetero) is 1. The van der Waals surface area contributed by atoms with E-state index in [9.17, 15) is 14.0 Å². The van der Waals surface area contributed by atoms with Crippen LogP contribution in [0, 0.1) is 11.7 Å². The van der Waals surface area contributed by atoms with Gasteiger partial charge >= 0.3 is 6.09 Å². The summed E-state index contributed by atoms with van der Waals surface area (Å²) < 4.78 is 18.7. The molecule has 2 N–H and O–H groups in total. The second-order valence-electron chi connectivity index (χ2n) is 8.63. The van der Waals surface area contributed by atoms with Crippen molar-refractivity contribution in [2.24, 2.45) is 11.7 Å². The molecule has 0 aliphatic rings. The van der Waals surface area contributed by atoms with Crippen LogP contribution >= 0.6 is 0 Å². The number of ketones is 1. The first-order chi connectivity index (χ1) is 13.9. The van der Waals surface area contributed by atoms with Gasteiger partial charge < -0.3 is 10.5 Å². The van der Waals surface area contributed by atoms with Gasteiger partial charge in [-0.05, 0) is 75.6 Å². The minimum atomic E-state index is -0.980. The van der Waals surface area contributed by atoms with Gasteiger partial charge in [0.05, 0.1) is 6.04 Å². The van der Waals surface area contributed by atoms with Crippen molar-refractivity contribution in [2.75, 3.05) is 4.90 Å². The van der Waals surface area contributed by atoms with Crippen molar-refractivity contribution in [3.8, 4) is 0 Å². The Morgan fingerprint density at radius 1 is 1.10 bits per heavy atom. The first kappa shape index (κ1) is 23.5. The average Bonchev–Trinajstić information content (AvgIpc) is 2.66. The number of anilines is 1. The van der Waals surface area contributed by atoms with Crippen molar-refractivity contribution < 1.29 is 18.7 Å². The Kier molecular flexibility index (Phi) is 7.31. The van der Waals surface area contributed by atoms with Gasteiger partial charge in [0.2, 0.25) is 0 Å². The lowest BCUT2D eigenvalue weighted by atomic mass is 9.98. The predicted octanol–water partition coefficient (Wildman–Crippen LogP) is 4.89. The maximum absolute atomic E-state index is 13.1. The lowest BCUT2D eigenvalue weighted by Gasteiger charge is -2.33. The van der Waals surface area contributed by atoms with Crippen LogP contribution in [0.4, 0.5) is 15.0 Å². The quantitative estimate of drug-likeness (QED) is 0.679. The Morgan fingerprint density at radius 3 is 2.23 bits per heavy atom. The lowest BCUT2D eigenvalue weighted by molar-refractivity contribution is 0.0558. The fraction of sp³-hybridized carbons (Fsp3) is 0.435. The summed E-state index contributed by atoms with van der Waals surface area (Å²) >= 11 is 0. The molecule has 0 aliphatic heterocycles. The maximum atomic E-state index is 13.1. The van der Waals surface area contributed by atoms with E-state index < -0.39 is 23.6 Å². The van der Waals surface area contributed by atoms with Gasteiger partial charge in [-0.15, -0.1) is 0 Å². The van der Waals surface area contributed by atoms with Crippen LogP contribution in [0.5, 0.6) is 0 Å². The molecular weight excluding hydrogens is 385 g/mol. The van der Waals surface area contributed by atoms with Gasteiger partial charge in [0.1, 0.15) is 17.2 Å². The van der Waals surface area contributed by atoms with Crippen LogP contribution in [-0.4, -0.2) is 28.5 Å². The van der Waals surface area contributed by atoms with Crippen LogP contribution in [0.2, 0.25) is 0 Å². The SMILES string of the molecule is CC(C)C(C)N(C(=O)OC(C)(C)C)c1cc(C(N)C(=O)c2ccc(F)cc2)ccn1. The summed E-state index contributed by atoms with van der Waals surface area (Å²) in [5.74, 6) is -0.294. The van der Waals surface area contributed by atoms with E-state index in [-0.39, 0.29) is 17.7 Å². The molecule has 1 amide bonds. The fourth-order valence-electron chi connectivity index (χ4n) is 2.78. The van der Waals surface area contributed by atoms with E-state index in [1.54, 1.807) is 32.9 Å². The van der Waals surface area contributed by atoms with E-state index in [4.69, 9.17) is 10.5 Å². The molecule has 30 heavy (non-hydrogen) atoms. The lowest BCUT2D eigenvalue weighted by Crippen LogP contribution is -2.45. The van der Waals surface area contributed by atoms with E-state index in [1.165, 1.54) is 35.4 Å². The summed E-state index contributed by atoms with van der Waals surface area (Å²) in [6, 6.07) is 7.29. The standard InChI is InChI=1S/C23H30FN3O3/c1-14(2)15(3)27(22(29)30-23(4,5)6)19-13-17(11-12-26-19)20(25)21(28)16-7-9-18(24)10-8-16/h7-15,20H,25H2,1-6H3. The second kappa shape index (κ2) is 9.34. The smallest absolute Gasteiger partial charge is 0.416 e. The molecule has 0 bridgehead atoms. The van der Waals surface area contributed by atoms with Crippen molar-refractivity contribution in [3.05, 3.63) is 59.5 Å². The molecule has 2 rings (SSSR count). The Balaban J connectivity index is 2.38. The summed E-state index contributed by atoms with van der Waals surface area (Å²) in [6.45, 7) is 11.3. The number of nitrogens with two attached hydrogens (primary N) is 1. The molecule has 6 nitrogen and oxygen atoms in total. The molecule has 2 aromatic rings. The van der Waals surface area contributed by atoms with Crippen molar-refractivity contribution >= 4 is 17.7 Å². The number of pyridine rings is 1. The number of hydrogen-bond acceptors (Lipinski definition) is 5. The number of rotatable bonds is 6. The van der Waals surface area contributed by atoms with E-state index in [0.29, 0.717) is 16.9 Å². The topological polar surface area (TPSA) is 85.5 Å². The molecule has 0 saturated carbocycles. The van der Waals surface area contributed by atoms with Crippen LogP contribution in [0.25, 0.3) is 0 Å². The van der Waals surface area contributed by atoms with Crippen LogP contribution in [0.1, 0.15) is 63.5 Å². The van der Waals surface area contributed by atoms with Gasteiger partial charge in [-0.3, -0.25) is 9.69 Å². The predicted molar refractivity (Wildman–Crippen MR) is 115 cm³/mol. The number of halogens is 1. The Bertz CT molecular complexity index is 891. The van der Waals surface area contributed by atoms with Gasteiger partial charge in [-0.1, -0.05) is 13.8 Å². The molecule has 0 radical (unpaired) electrons. The molecule has 1 aromatic heterocycles. The van der Waals surface area contributed by atoms with E-state index in [2.05, 4.69) is 4.98 Å². The van der Waals surface area contributed by atoms with Gasteiger partial charge in [-0.2, -0.15) is 0 Å². The number of benzene rings is 1. The van der Waals surface area contributed by atoms with Crippen molar-refractivity contribution in [1.29, 1.82) is 0 Å². The minimum Gasteiger partial charge on any atom is -0.443 e. The first-order valence-electron chi connectivity index (χ1n) is 9.94. The summed E-state index contributed by atoms with van der Waals surface area (Å²) in [4.78, 5) is 31.4. The molecule has 0 fully saturated rings. The number of ether oxygens (including phenoxy) is 1. The van der Waals surface area contributed by atoms with Crippen molar-refractivity contribution in [3.63, 3.8) is 0 Å². The maximum Gasteiger partial charge on any atom is 0.416 e. The third-order valence-corrected chi connectivity index (χ3v) is 4.75. The van der Waals surface area contributed by atoms with Gasteiger partial charge in [0.15, 0.2) is 5.78 Å². The number of amides is 1. The molecule has 0 aliphatic carbocycles. The Hall–Kier alpha value is -2.80. The molecular formula is C23H30FN3O3. The molecule has 162 valence electrons. The molecule has 2 atom stereocenters. The highest BCUT2D eigenvalue weighted by Gasteiger charge is 2.30. The van der Waals surface area contributed by atoms with Crippen molar-refractivity contribution in [2.45, 2.75) is 59.2 Å². The summed E-state index contributed by atoms with van der Waals surface area (Å²) in [5, 5.41) is 0. The van der Waals surface area contributed by atoms with Gasteiger partial charge in [0, 0.05) is 17.8 Å². The zero-order chi connectivity index (χ0) is 22.6. The molecule has 1 aromatic carbocycles. The normalized spacial score (nSPS) is 13.6. The van der Waals surface area contributed by atoms with E-state index in [1.807, 2.05) is 20.8 Å². The van der Waals surface area contributed by atoms with Crippen LogP contribution in [-0.2, 0) is 4.74 Å². The second-order valence-corrected chi connectivity index (χ2v) is 8.63. The van der Waals surface area contributed by atoms with Crippen LogP contribution < -0.4 is 10.6 Å². The zero-order valence-electron chi connectivity index (χ0n) is 18.3. The molecule has 1 heterocycles. The summed E-state index contributed by atoms with van der Waals surface area (Å²) in [5.41, 5.74) is 6.32. The number of carbonyl (C=O) groups is 2. The first-order valence-corrected chi connectivity index (χ1v) is 9.94. The van der Waals surface area contributed by atoms with E-state index in [0.717, 1.165) is 0 Å². The fourth-order valence-corrected chi connectivity index (χ4v) is 2.78. The molecule has 7 heteroatoms. The number of hydrogen-bond donors (Lipinski definition) is 1. The average molecular weight is 416 g/mol. The molecule has 0 saturated heterocycles. The Morgan fingerprint density at radius 2 is 1.70 bits per heavy atom. The highest BCUT2D eigenvalue weighted by atomic mass is 19.1. The Labute approximate surface area is 177 Å². The van der Waals surface area contributed by atoms with Gasteiger partial charge in [0.25, 0.3) is 0 Å². The third-order valence-electron chi connectivity index (χ3n) is 4.75. The zero-order valence-corrected chi connectivity index (χ0v) is 18.3. The number of carbonyl (C=O) groups excluding carboxylic acids is 2. The monoisotopic (exact) mass is 415 g/mol. The van der Waals surface area contributed by atoms with Crippen LogP contribution in [0.15, 0.2) is 42.6 Å². The summed E-state index contributed by atoms with van der Waals surface area (Å²) in [6.07, 6.45) is 0.985. The largest absolute Gasteiger partial charge is 0.443 e. The number of nitrogens with zero attached hydrogens (tertiary/aromatic N) is 2. The highest BCUT2D eigenvalue weighted by molar-refractivity contribution is 6.00. The van der Waals surface area contributed by atoms with E-state index >= 15 is 0 Å². The summed E-state index contributed by atoms with van der Waals surface area (Å²) in [7, 11) is 0. The van der Waals surface area contributed by atoms with Crippen LogP contribution in [0.3, 0.4) is 0 Å². The highest BCUT2D eigenvalue weighted by Crippen LogP contribution is 2.25. The third kappa shape index (κ3) is 5.86.